The second kappa shape index (κ2) is 14.7. The lowest BCUT2D eigenvalue weighted by Gasteiger charge is -2.21. The molecule has 0 saturated carbocycles. The number of hydrogen-bond donors (Lipinski definition) is 7. The van der Waals surface area contributed by atoms with Crippen LogP contribution < -0.4 is 37.2 Å². The molecule has 2 aliphatic heterocycles. The molecule has 2 heterocycles. The quantitative estimate of drug-likeness (QED) is 0.234. The maximum absolute atomic E-state index is 11.9. The van der Waals surface area contributed by atoms with E-state index in [2.05, 4.69) is 37.2 Å². The first kappa shape index (κ1) is 23.0. The largest absolute Gasteiger partial charge is 0.356 e. The van der Waals surface area contributed by atoms with Gasteiger partial charge >= 0.3 is 0 Å². The Kier molecular flexibility index (Phi) is 12.1. The summed E-state index contributed by atoms with van der Waals surface area (Å²) < 4.78 is 0. The van der Waals surface area contributed by atoms with Crippen molar-refractivity contribution in [1.29, 1.82) is 0 Å². The molecular weight excluding hydrogens is 358 g/mol. The summed E-state index contributed by atoms with van der Waals surface area (Å²) in [5, 5.41) is 23.5. The maximum Gasteiger partial charge on any atom is 0.229 e. The van der Waals surface area contributed by atoms with Crippen LogP contribution in [0.25, 0.3) is 0 Å². The average Bonchev–Trinajstić information content (AvgIpc) is 2.68. The minimum atomic E-state index is -0.194. The van der Waals surface area contributed by atoms with Gasteiger partial charge in [0.15, 0.2) is 0 Å². The van der Waals surface area contributed by atoms with Crippen molar-refractivity contribution >= 4 is 11.8 Å². The van der Waals surface area contributed by atoms with E-state index in [9.17, 15) is 9.59 Å². The summed E-state index contributed by atoms with van der Waals surface area (Å²) in [6.45, 7) is 8.70. The monoisotopic (exact) mass is 397 g/mol. The Bertz CT molecular complexity index is 412. The van der Waals surface area contributed by atoms with Gasteiger partial charge in [-0.15, -0.1) is 0 Å². The molecule has 162 valence electrons. The van der Waals surface area contributed by atoms with E-state index < -0.39 is 0 Å². The average molecular weight is 398 g/mol. The summed E-state index contributed by atoms with van der Waals surface area (Å²) in [4.78, 5) is 23.8. The van der Waals surface area contributed by atoms with Crippen molar-refractivity contribution in [3.63, 3.8) is 0 Å². The van der Waals surface area contributed by atoms with E-state index >= 15 is 0 Å². The normalized spacial score (nSPS) is 28.7. The highest BCUT2D eigenvalue weighted by molar-refractivity contribution is 5.96. The SMILES string of the molecule is O=C1CC(=O)NCCCC2CNCCNC(CCCN1)CNCCNCCN2. The van der Waals surface area contributed by atoms with E-state index in [1.165, 1.54) is 0 Å². The van der Waals surface area contributed by atoms with Crippen molar-refractivity contribution in [1.82, 2.24) is 37.2 Å². The first-order valence-corrected chi connectivity index (χ1v) is 10.9. The number of amides is 2. The van der Waals surface area contributed by atoms with E-state index in [1.54, 1.807) is 0 Å². The molecule has 2 atom stereocenters. The van der Waals surface area contributed by atoms with E-state index in [1.807, 2.05) is 0 Å². The third-order valence-electron chi connectivity index (χ3n) is 5.15. The molecule has 2 rings (SSSR count). The van der Waals surface area contributed by atoms with E-state index in [-0.39, 0.29) is 18.2 Å². The van der Waals surface area contributed by atoms with Crippen LogP contribution in [0.15, 0.2) is 0 Å². The van der Waals surface area contributed by atoms with Crippen molar-refractivity contribution in [2.24, 2.45) is 0 Å². The van der Waals surface area contributed by atoms with Gasteiger partial charge < -0.3 is 37.2 Å². The van der Waals surface area contributed by atoms with Gasteiger partial charge in [-0.2, -0.15) is 0 Å². The molecule has 0 radical (unpaired) electrons. The van der Waals surface area contributed by atoms with Gasteiger partial charge in [0, 0.05) is 77.5 Å². The molecule has 9 heteroatoms. The Morgan fingerprint density at radius 3 is 1.61 bits per heavy atom. The van der Waals surface area contributed by atoms with E-state index in [0.29, 0.717) is 25.2 Å². The molecule has 0 aromatic heterocycles. The Morgan fingerprint density at radius 1 is 0.571 bits per heavy atom. The highest BCUT2D eigenvalue weighted by atomic mass is 16.2. The summed E-state index contributed by atoms with van der Waals surface area (Å²) in [6, 6.07) is 0.750. The van der Waals surface area contributed by atoms with E-state index in [4.69, 9.17) is 0 Å². The Morgan fingerprint density at radius 2 is 1.04 bits per heavy atom. The predicted molar refractivity (Wildman–Crippen MR) is 111 cm³/mol. The van der Waals surface area contributed by atoms with Gasteiger partial charge in [-0.05, 0) is 25.7 Å². The summed E-state index contributed by atoms with van der Waals surface area (Å²) >= 11 is 0. The molecule has 9 nitrogen and oxygen atoms in total. The zero-order valence-corrected chi connectivity index (χ0v) is 17.1. The number of fused-ring (bicyclic) bond motifs is 6. The molecule has 0 aliphatic carbocycles. The van der Waals surface area contributed by atoms with Crippen LogP contribution in [-0.4, -0.2) is 89.3 Å². The second-order valence-corrected chi connectivity index (χ2v) is 7.62. The van der Waals surface area contributed by atoms with Crippen LogP contribution in [0.1, 0.15) is 32.1 Å². The van der Waals surface area contributed by atoms with Crippen LogP contribution in [0.3, 0.4) is 0 Å². The first-order chi connectivity index (χ1) is 13.7. The van der Waals surface area contributed by atoms with Crippen molar-refractivity contribution < 1.29 is 9.59 Å². The van der Waals surface area contributed by atoms with Gasteiger partial charge in [0.05, 0.1) is 0 Å². The molecule has 2 saturated heterocycles. The molecule has 2 aliphatic rings. The summed E-state index contributed by atoms with van der Waals surface area (Å²) in [5.41, 5.74) is 0. The van der Waals surface area contributed by atoms with Gasteiger partial charge in [0.2, 0.25) is 11.8 Å². The number of carbonyl (C=O) groups is 2. The predicted octanol–water partition coefficient (Wildman–Crippen LogP) is -2.12. The van der Waals surface area contributed by atoms with Crippen LogP contribution >= 0.6 is 0 Å². The highest BCUT2D eigenvalue weighted by Crippen LogP contribution is 1.98. The third kappa shape index (κ3) is 10.9. The second-order valence-electron chi connectivity index (χ2n) is 7.62. The fourth-order valence-electron chi connectivity index (χ4n) is 3.56. The van der Waals surface area contributed by atoms with Crippen molar-refractivity contribution in [3.05, 3.63) is 0 Å². The molecule has 7 N–H and O–H groups in total. The molecule has 0 spiro atoms. The van der Waals surface area contributed by atoms with Crippen LogP contribution in [0.5, 0.6) is 0 Å². The maximum atomic E-state index is 11.9. The molecule has 2 fully saturated rings. The van der Waals surface area contributed by atoms with Gasteiger partial charge in [0.1, 0.15) is 6.42 Å². The third-order valence-corrected chi connectivity index (χ3v) is 5.15. The molecular formula is C19H39N7O2. The van der Waals surface area contributed by atoms with Crippen molar-refractivity contribution in [2.75, 3.05) is 65.4 Å². The Labute approximate surface area is 168 Å². The lowest BCUT2D eigenvalue weighted by Crippen LogP contribution is -2.45. The number of carbonyl (C=O) groups excluding carboxylic acids is 2. The number of rotatable bonds is 0. The molecule has 2 amide bonds. The zero-order chi connectivity index (χ0) is 19.9. The lowest BCUT2D eigenvalue weighted by atomic mass is 10.1. The fourth-order valence-corrected chi connectivity index (χ4v) is 3.56. The topological polar surface area (TPSA) is 118 Å². The first-order valence-electron chi connectivity index (χ1n) is 10.9. The minimum absolute atomic E-state index is 0.0852. The summed E-state index contributed by atoms with van der Waals surface area (Å²) in [7, 11) is 0. The summed E-state index contributed by atoms with van der Waals surface area (Å²) in [6.07, 6.45) is 3.67. The fraction of sp³-hybridized carbons (Fsp3) is 0.895. The van der Waals surface area contributed by atoms with Gasteiger partial charge in [0.25, 0.3) is 0 Å². The smallest absolute Gasteiger partial charge is 0.229 e. The van der Waals surface area contributed by atoms with Gasteiger partial charge in [-0.3, -0.25) is 9.59 Å². The summed E-state index contributed by atoms with van der Waals surface area (Å²) in [5.74, 6) is -0.387. The Hall–Kier alpha value is -1.26. The van der Waals surface area contributed by atoms with Crippen molar-refractivity contribution in [3.8, 4) is 0 Å². The van der Waals surface area contributed by atoms with Crippen LogP contribution in [-0.2, 0) is 9.59 Å². The standard InChI is InChI=1S/C19H39N7O2/c27-18-13-19(28)26-6-2-4-17-15-22-10-12-24-16(3-1-5-25-18)14-21-8-7-20-9-11-23-17/h16-17,20-24H,1-15H2,(H,25,27)(H,26,28). The Balaban J connectivity index is 1.93. The van der Waals surface area contributed by atoms with Crippen LogP contribution in [0.2, 0.25) is 0 Å². The molecule has 28 heavy (non-hydrogen) atoms. The molecule has 2 unspecified atom stereocenters. The van der Waals surface area contributed by atoms with Gasteiger partial charge in [-0.1, -0.05) is 0 Å². The number of nitrogens with one attached hydrogen (secondary N) is 7. The zero-order valence-electron chi connectivity index (χ0n) is 17.1. The van der Waals surface area contributed by atoms with Gasteiger partial charge in [-0.25, -0.2) is 0 Å². The molecule has 0 aromatic carbocycles. The minimum Gasteiger partial charge on any atom is -0.356 e. The molecule has 2 bridgehead atoms. The number of hydrogen-bond acceptors (Lipinski definition) is 7. The van der Waals surface area contributed by atoms with Crippen LogP contribution in [0.4, 0.5) is 0 Å². The van der Waals surface area contributed by atoms with Crippen molar-refractivity contribution in [2.45, 2.75) is 44.2 Å². The van der Waals surface area contributed by atoms with E-state index in [0.717, 1.165) is 78.0 Å². The highest BCUT2D eigenvalue weighted by Gasteiger charge is 2.13. The van der Waals surface area contributed by atoms with Crippen LogP contribution in [0, 0.1) is 0 Å². The lowest BCUT2D eigenvalue weighted by molar-refractivity contribution is -0.129. The molecule has 0 aromatic rings.